The summed E-state index contributed by atoms with van der Waals surface area (Å²) in [5, 5.41) is 3.21. The van der Waals surface area contributed by atoms with Gasteiger partial charge in [-0.1, -0.05) is 26.2 Å². The Hall–Kier alpha value is -1.02. The highest BCUT2D eigenvalue weighted by Gasteiger charge is 2.08. The molecular weight excluding hydrogens is 150 g/mol. The maximum Gasteiger partial charge on any atom is 0.113 e. The molecule has 0 saturated carbocycles. The minimum atomic E-state index is 0.181. The van der Waals surface area contributed by atoms with Gasteiger partial charge in [-0.3, -0.25) is 0 Å². The van der Waals surface area contributed by atoms with Gasteiger partial charge in [-0.05, 0) is 6.42 Å². The number of rotatable bonds is 7. The lowest BCUT2D eigenvalue weighted by Gasteiger charge is -2.16. The minimum absolute atomic E-state index is 0.181. The summed E-state index contributed by atoms with van der Waals surface area (Å²) in [6.07, 6.45) is 4.14. The molecule has 1 unspecified atom stereocenters. The molecule has 2 heteroatoms. The highest BCUT2D eigenvalue weighted by molar-refractivity contribution is 4.98. The van der Waals surface area contributed by atoms with Crippen molar-refractivity contribution in [3.63, 3.8) is 0 Å². The van der Waals surface area contributed by atoms with Crippen LogP contribution in [0.3, 0.4) is 0 Å². The van der Waals surface area contributed by atoms with Gasteiger partial charge in [0.05, 0.1) is 12.3 Å². The van der Waals surface area contributed by atoms with Crippen LogP contribution in [0.5, 0.6) is 0 Å². The molecule has 0 rings (SSSR count). The first-order chi connectivity index (χ1) is 5.76. The van der Waals surface area contributed by atoms with Crippen LogP contribution >= 0.6 is 0 Å². The van der Waals surface area contributed by atoms with E-state index in [1.54, 1.807) is 0 Å². The van der Waals surface area contributed by atoms with Gasteiger partial charge in [0.1, 0.15) is 5.76 Å². The zero-order valence-corrected chi connectivity index (χ0v) is 7.68. The summed E-state index contributed by atoms with van der Waals surface area (Å²) in [6.45, 7) is 13.7. The highest BCUT2D eigenvalue weighted by atomic mass is 16.5. The lowest BCUT2D eigenvalue weighted by atomic mass is 10.2. The van der Waals surface area contributed by atoms with Gasteiger partial charge in [0.15, 0.2) is 0 Å². The first-order valence-electron chi connectivity index (χ1n) is 4.06. The van der Waals surface area contributed by atoms with Gasteiger partial charge in [0, 0.05) is 6.54 Å². The van der Waals surface area contributed by atoms with Crippen molar-refractivity contribution in [2.24, 2.45) is 0 Å². The van der Waals surface area contributed by atoms with Gasteiger partial charge in [-0.2, -0.15) is 0 Å². The van der Waals surface area contributed by atoms with E-state index in [9.17, 15) is 0 Å². The second-order valence-corrected chi connectivity index (χ2v) is 2.41. The Bertz CT molecular complexity index is 163. The minimum Gasteiger partial charge on any atom is -0.469 e. The molecule has 0 aliphatic carbocycles. The van der Waals surface area contributed by atoms with Crippen LogP contribution in [0.4, 0.5) is 0 Å². The molecule has 0 aromatic carbocycles. The molecule has 0 aromatic heterocycles. The van der Waals surface area contributed by atoms with Gasteiger partial charge >= 0.3 is 0 Å². The Morgan fingerprint density at radius 1 is 1.58 bits per heavy atom. The second-order valence-electron chi connectivity index (χ2n) is 2.41. The van der Waals surface area contributed by atoms with E-state index in [2.05, 4.69) is 32.0 Å². The van der Waals surface area contributed by atoms with Gasteiger partial charge in [-0.15, -0.1) is 6.58 Å². The molecule has 0 heterocycles. The third-order valence-electron chi connectivity index (χ3n) is 1.54. The third-order valence-corrected chi connectivity index (χ3v) is 1.54. The van der Waals surface area contributed by atoms with Crippen LogP contribution in [-0.2, 0) is 4.74 Å². The van der Waals surface area contributed by atoms with Crippen LogP contribution < -0.4 is 5.32 Å². The van der Waals surface area contributed by atoms with E-state index < -0.39 is 0 Å². The quantitative estimate of drug-likeness (QED) is 0.463. The Balaban J connectivity index is 3.86. The van der Waals surface area contributed by atoms with Crippen molar-refractivity contribution in [3.8, 4) is 0 Å². The average molecular weight is 167 g/mol. The summed E-state index contributed by atoms with van der Waals surface area (Å²) < 4.78 is 5.06. The highest BCUT2D eigenvalue weighted by Crippen LogP contribution is 2.05. The third kappa shape index (κ3) is 3.98. The molecule has 0 radical (unpaired) electrons. The summed E-state index contributed by atoms with van der Waals surface area (Å²) in [5.74, 6) is 0.703. The molecule has 2 nitrogen and oxygen atoms in total. The van der Waals surface area contributed by atoms with E-state index in [-0.39, 0.29) is 6.04 Å². The van der Waals surface area contributed by atoms with E-state index in [1.165, 1.54) is 6.26 Å². The van der Waals surface area contributed by atoms with Crippen LogP contribution in [-0.4, -0.2) is 12.6 Å². The molecule has 0 fully saturated rings. The van der Waals surface area contributed by atoms with E-state index in [0.29, 0.717) is 5.76 Å². The Morgan fingerprint density at radius 2 is 2.25 bits per heavy atom. The largest absolute Gasteiger partial charge is 0.469 e. The van der Waals surface area contributed by atoms with Crippen LogP contribution in [0.25, 0.3) is 0 Å². The molecule has 0 aliphatic rings. The smallest absolute Gasteiger partial charge is 0.113 e. The normalized spacial score (nSPS) is 11.8. The molecule has 68 valence electrons. The van der Waals surface area contributed by atoms with Gasteiger partial charge < -0.3 is 10.1 Å². The summed E-state index contributed by atoms with van der Waals surface area (Å²) in [7, 11) is 0. The number of ether oxygens (including phenoxy) is 1. The van der Waals surface area contributed by atoms with Crippen LogP contribution in [0.2, 0.25) is 0 Å². The van der Waals surface area contributed by atoms with Crippen molar-refractivity contribution in [2.75, 3.05) is 6.54 Å². The van der Waals surface area contributed by atoms with Gasteiger partial charge in [0.2, 0.25) is 0 Å². The van der Waals surface area contributed by atoms with E-state index in [1.807, 2.05) is 6.08 Å². The molecule has 0 aliphatic heterocycles. The van der Waals surface area contributed by atoms with Crippen molar-refractivity contribution in [2.45, 2.75) is 19.4 Å². The standard InChI is InChI=1S/C10H17NO/c1-5-8-11-10(6-2)9(4)12-7-3/h5,7,10-11H,1,3-4,6,8H2,2H3. The summed E-state index contributed by atoms with van der Waals surface area (Å²) in [4.78, 5) is 0. The van der Waals surface area contributed by atoms with Crippen LogP contribution in [0, 0.1) is 0 Å². The predicted octanol–water partition coefficient (Wildman–Crippen LogP) is 2.21. The number of hydrogen-bond donors (Lipinski definition) is 1. The summed E-state index contributed by atoms with van der Waals surface area (Å²) in [6, 6.07) is 0.181. The van der Waals surface area contributed by atoms with Crippen molar-refractivity contribution >= 4 is 0 Å². The lowest BCUT2D eigenvalue weighted by molar-refractivity contribution is 0.301. The zero-order chi connectivity index (χ0) is 9.40. The Kier molecular flexibility index (Phi) is 6.11. The molecule has 0 amide bonds. The summed E-state index contributed by atoms with van der Waals surface area (Å²) in [5.41, 5.74) is 0. The van der Waals surface area contributed by atoms with Crippen LogP contribution in [0.1, 0.15) is 13.3 Å². The average Bonchev–Trinajstić information content (AvgIpc) is 2.06. The maximum absolute atomic E-state index is 5.06. The number of hydrogen-bond acceptors (Lipinski definition) is 2. The molecule has 0 saturated heterocycles. The predicted molar refractivity (Wildman–Crippen MR) is 52.7 cm³/mol. The van der Waals surface area contributed by atoms with Crippen molar-refractivity contribution in [1.29, 1.82) is 0 Å². The van der Waals surface area contributed by atoms with E-state index in [4.69, 9.17) is 4.74 Å². The van der Waals surface area contributed by atoms with E-state index in [0.717, 1.165) is 13.0 Å². The fraction of sp³-hybridized carbons (Fsp3) is 0.400. The van der Waals surface area contributed by atoms with Crippen molar-refractivity contribution < 1.29 is 4.74 Å². The lowest BCUT2D eigenvalue weighted by Crippen LogP contribution is -2.30. The fourth-order valence-electron chi connectivity index (χ4n) is 0.901. The van der Waals surface area contributed by atoms with Crippen molar-refractivity contribution in [3.05, 3.63) is 37.8 Å². The molecule has 0 bridgehead atoms. The van der Waals surface area contributed by atoms with Crippen LogP contribution in [0.15, 0.2) is 37.8 Å². The maximum atomic E-state index is 5.06. The molecule has 12 heavy (non-hydrogen) atoms. The SMILES string of the molecule is C=CCNC(CC)C(=C)OC=C. The molecule has 0 aromatic rings. The zero-order valence-electron chi connectivity index (χ0n) is 7.68. The Morgan fingerprint density at radius 3 is 2.67 bits per heavy atom. The second kappa shape index (κ2) is 6.68. The Labute approximate surface area is 74.6 Å². The van der Waals surface area contributed by atoms with Gasteiger partial charge in [-0.25, -0.2) is 0 Å². The molecule has 0 spiro atoms. The monoisotopic (exact) mass is 167 g/mol. The molecule has 1 N–H and O–H groups in total. The first-order valence-corrected chi connectivity index (χ1v) is 4.06. The van der Waals surface area contributed by atoms with Gasteiger partial charge in [0.25, 0.3) is 0 Å². The molecular formula is C10H17NO. The topological polar surface area (TPSA) is 21.3 Å². The number of nitrogens with one attached hydrogen (secondary N) is 1. The molecule has 1 atom stereocenters. The first kappa shape index (κ1) is 11.0. The van der Waals surface area contributed by atoms with E-state index >= 15 is 0 Å². The fourth-order valence-corrected chi connectivity index (χ4v) is 0.901. The van der Waals surface area contributed by atoms with Crippen molar-refractivity contribution in [1.82, 2.24) is 5.32 Å². The summed E-state index contributed by atoms with van der Waals surface area (Å²) >= 11 is 0.